The molecule has 0 atom stereocenters. The van der Waals surface area contributed by atoms with E-state index in [9.17, 15) is 14.7 Å². The van der Waals surface area contributed by atoms with Crippen LogP contribution in [0.15, 0.2) is 42.5 Å². The van der Waals surface area contributed by atoms with Crippen LogP contribution in [0.4, 0.5) is 5.69 Å². The summed E-state index contributed by atoms with van der Waals surface area (Å²) in [5.74, 6) is -1.41. The fourth-order valence-electron chi connectivity index (χ4n) is 2.09. The number of rotatable bonds is 6. The molecule has 0 fully saturated rings. The fraction of sp³-hybridized carbons (Fsp3) is 0.176. The van der Waals surface area contributed by atoms with Crippen LogP contribution < -0.4 is 5.32 Å². The molecular formula is C17H16ClNO4. The molecule has 1 amide bonds. The minimum atomic E-state index is -0.810. The van der Waals surface area contributed by atoms with Crippen LogP contribution in [-0.4, -0.2) is 22.1 Å². The summed E-state index contributed by atoms with van der Waals surface area (Å²) in [6.45, 7) is 0. The highest BCUT2D eigenvalue weighted by Gasteiger charge is 2.12. The molecule has 0 bridgehead atoms. The Balaban J connectivity index is 1.99. The van der Waals surface area contributed by atoms with Crippen LogP contribution in [0.5, 0.6) is 5.75 Å². The highest BCUT2D eigenvalue weighted by molar-refractivity contribution is 6.31. The minimum absolute atomic E-state index is 0.100. The van der Waals surface area contributed by atoms with Gasteiger partial charge in [-0.15, -0.1) is 0 Å². The Morgan fingerprint density at radius 1 is 1.09 bits per heavy atom. The summed E-state index contributed by atoms with van der Waals surface area (Å²) >= 11 is 5.82. The number of phenolic OH excluding ortho intramolecular Hbond substituents is 1. The van der Waals surface area contributed by atoms with Gasteiger partial charge >= 0.3 is 5.97 Å². The average Bonchev–Trinajstić information content (AvgIpc) is 2.51. The zero-order valence-electron chi connectivity index (χ0n) is 12.3. The topological polar surface area (TPSA) is 86.6 Å². The quantitative estimate of drug-likeness (QED) is 0.752. The van der Waals surface area contributed by atoms with Gasteiger partial charge in [0.15, 0.2) is 0 Å². The van der Waals surface area contributed by atoms with Crippen LogP contribution >= 0.6 is 11.6 Å². The summed E-state index contributed by atoms with van der Waals surface area (Å²) in [6, 6.07) is 11.4. The molecule has 0 aliphatic rings. The Morgan fingerprint density at radius 2 is 1.78 bits per heavy atom. The van der Waals surface area contributed by atoms with Gasteiger partial charge < -0.3 is 15.5 Å². The lowest BCUT2D eigenvalue weighted by molar-refractivity contribution is -0.137. The number of carboxylic acid groups (broad SMARTS) is 1. The Bertz CT molecular complexity index is 713. The van der Waals surface area contributed by atoms with Crippen LogP contribution in [0.1, 0.15) is 28.8 Å². The summed E-state index contributed by atoms with van der Waals surface area (Å²) in [5, 5.41) is 21.3. The standard InChI is InChI=1S/C17H16ClNO4/c18-12-6-9-15(20)14(10-12)17(23)19-13-7-4-11(5-8-13)2-1-3-16(21)22/h4-10,20H,1-3H2,(H,19,23)(H,21,22). The van der Waals surface area contributed by atoms with E-state index in [-0.39, 0.29) is 17.7 Å². The largest absolute Gasteiger partial charge is 0.507 e. The third kappa shape index (κ3) is 5.00. The van der Waals surface area contributed by atoms with Crippen molar-refractivity contribution in [3.8, 4) is 5.75 Å². The summed E-state index contributed by atoms with van der Waals surface area (Å²) in [4.78, 5) is 22.6. The van der Waals surface area contributed by atoms with Crippen molar-refractivity contribution < 1.29 is 19.8 Å². The maximum atomic E-state index is 12.1. The molecule has 2 aromatic rings. The van der Waals surface area contributed by atoms with Crippen molar-refractivity contribution in [1.29, 1.82) is 0 Å². The first kappa shape index (κ1) is 16.8. The van der Waals surface area contributed by atoms with Gasteiger partial charge in [0.05, 0.1) is 5.56 Å². The number of carbonyl (C=O) groups is 2. The molecule has 0 unspecified atom stereocenters. The van der Waals surface area contributed by atoms with Crippen LogP contribution in [0.3, 0.4) is 0 Å². The van der Waals surface area contributed by atoms with Gasteiger partial charge in [-0.2, -0.15) is 0 Å². The predicted octanol–water partition coefficient (Wildman–Crippen LogP) is 3.71. The first-order valence-corrected chi connectivity index (χ1v) is 7.44. The number of aromatic hydroxyl groups is 1. The first-order valence-electron chi connectivity index (χ1n) is 7.06. The van der Waals surface area contributed by atoms with Crippen molar-refractivity contribution in [2.45, 2.75) is 19.3 Å². The number of carboxylic acids is 1. The van der Waals surface area contributed by atoms with Crippen molar-refractivity contribution in [3.63, 3.8) is 0 Å². The lowest BCUT2D eigenvalue weighted by Crippen LogP contribution is -2.12. The number of nitrogens with one attached hydrogen (secondary N) is 1. The molecule has 0 aliphatic carbocycles. The molecule has 0 radical (unpaired) electrons. The zero-order chi connectivity index (χ0) is 16.8. The monoisotopic (exact) mass is 333 g/mol. The third-order valence-corrected chi connectivity index (χ3v) is 3.51. The van der Waals surface area contributed by atoms with Crippen molar-refractivity contribution in [2.75, 3.05) is 5.32 Å². The molecule has 120 valence electrons. The summed E-state index contributed by atoms with van der Waals surface area (Å²) in [6.07, 6.45) is 1.36. The summed E-state index contributed by atoms with van der Waals surface area (Å²) < 4.78 is 0. The molecule has 5 nitrogen and oxygen atoms in total. The van der Waals surface area contributed by atoms with E-state index in [1.807, 2.05) is 12.1 Å². The molecule has 0 heterocycles. The Kier molecular flexibility index (Phi) is 5.60. The van der Waals surface area contributed by atoms with E-state index >= 15 is 0 Å². The molecule has 3 N–H and O–H groups in total. The van der Waals surface area contributed by atoms with Gasteiger partial charge in [0, 0.05) is 17.1 Å². The highest BCUT2D eigenvalue weighted by Crippen LogP contribution is 2.22. The van der Waals surface area contributed by atoms with Gasteiger partial charge in [-0.3, -0.25) is 9.59 Å². The molecule has 2 rings (SSSR count). The molecular weight excluding hydrogens is 318 g/mol. The smallest absolute Gasteiger partial charge is 0.303 e. The van der Waals surface area contributed by atoms with Gasteiger partial charge in [0.25, 0.3) is 5.91 Å². The second kappa shape index (κ2) is 7.65. The number of aliphatic carboxylic acids is 1. The van der Waals surface area contributed by atoms with E-state index in [1.54, 1.807) is 12.1 Å². The van der Waals surface area contributed by atoms with E-state index in [4.69, 9.17) is 16.7 Å². The SMILES string of the molecule is O=C(O)CCCc1ccc(NC(=O)c2cc(Cl)ccc2O)cc1. The van der Waals surface area contributed by atoms with Crippen LogP contribution in [-0.2, 0) is 11.2 Å². The van der Waals surface area contributed by atoms with Gasteiger partial charge in [-0.25, -0.2) is 0 Å². The maximum absolute atomic E-state index is 12.1. The molecule has 0 aliphatic heterocycles. The van der Waals surface area contributed by atoms with Crippen molar-refractivity contribution in [1.82, 2.24) is 0 Å². The Labute approximate surface area is 138 Å². The van der Waals surface area contributed by atoms with E-state index in [0.717, 1.165) is 5.56 Å². The Hall–Kier alpha value is -2.53. The minimum Gasteiger partial charge on any atom is -0.507 e. The highest BCUT2D eigenvalue weighted by atomic mass is 35.5. The number of aryl methyl sites for hydroxylation is 1. The number of hydrogen-bond donors (Lipinski definition) is 3. The number of benzene rings is 2. The van der Waals surface area contributed by atoms with E-state index in [2.05, 4.69) is 5.32 Å². The van der Waals surface area contributed by atoms with E-state index in [0.29, 0.717) is 23.6 Å². The lowest BCUT2D eigenvalue weighted by atomic mass is 10.1. The normalized spacial score (nSPS) is 10.3. The lowest BCUT2D eigenvalue weighted by Gasteiger charge is -2.08. The van der Waals surface area contributed by atoms with Crippen molar-refractivity contribution in [3.05, 3.63) is 58.6 Å². The summed E-state index contributed by atoms with van der Waals surface area (Å²) in [7, 11) is 0. The molecule has 0 saturated heterocycles. The molecule has 0 saturated carbocycles. The number of anilines is 1. The summed E-state index contributed by atoms with van der Waals surface area (Å²) in [5.41, 5.74) is 1.68. The van der Waals surface area contributed by atoms with Gasteiger partial charge in [0.1, 0.15) is 5.75 Å². The number of amides is 1. The van der Waals surface area contributed by atoms with Crippen LogP contribution in [0.2, 0.25) is 5.02 Å². The molecule has 23 heavy (non-hydrogen) atoms. The van der Waals surface area contributed by atoms with Gasteiger partial charge in [0.2, 0.25) is 0 Å². The Morgan fingerprint density at radius 3 is 2.43 bits per heavy atom. The number of hydrogen-bond acceptors (Lipinski definition) is 3. The van der Waals surface area contributed by atoms with Gasteiger partial charge in [-0.05, 0) is 48.7 Å². The second-order valence-corrected chi connectivity index (χ2v) is 5.50. The van der Waals surface area contributed by atoms with E-state index < -0.39 is 11.9 Å². The number of phenols is 1. The zero-order valence-corrected chi connectivity index (χ0v) is 13.0. The van der Waals surface area contributed by atoms with Gasteiger partial charge in [-0.1, -0.05) is 23.7 Å². The predicted molar refractivity (Wildman–Crippen MR) is 88.1 cm³/mol. The molecule has 2 aromatic carbocycles. The van der Waals surface area contributed by atoms with Crippen LogP contribution in [0.25, 0.3) is 0 Å². The molecule has 6 heteroatoms. The fourth-order valence-corrected chi connectivity index (χ4v) is 2.26. The van der Waals surface area contributed by atoms with Crippen LogP contribution in [0, 0.1) is 0 Å². The molecule has 0 aromatic heterocycles. The second-order valence-electron chi connectivity index (χ2n) is 5.06. The van der Waals surface area contributed by atoms with Crippen molar-refractivity contribution in [2.24, 2.45) is 0 Å². The average molecular weight is 334 g/mol. The number of carbonyl (C=O) groups excluding carboxylic acids is 1. The molecule has 0 spiro atoms. The first-order chi connectivity index (χ1) is 11.0. The number of halogens is 1. The third-order valence-electron chi connectivity index (χ3n) is 3.27. The van der Waals surface area contributed by atoms with E-state index in [1.165, 1.54) is 18.2 Å². The maximum Gasteiger partial charge on any atom is 0.303 e. The van der Waals surface area contributed by atoms with Crippen molar-refractivity contribution >= 4 is 29.2 Å².